The molecule has 0 fully saturated rings. The summed E-state index contributed by atoms with van der Waals surface area (Å²) in [6, 6.07) is 70.1. The molecule has 0 aliphatic heterocycles. The largest absolute Gasteiger partial charge is 0.264 e. The highest BCUT2D eigenvalue weighted by Crippen LogP contribution is 2.61. The zero-order chi connectivity index (χ0) is 40.3. The van der Waals surface area contributed by atoms with Crippen molar-refractivity contribution in [2.24, 2.45) is 0 Å². The van der Waals surface area contributed by atoms with Gasteiger partial charge in [-0.15, -0.1) is 0 Å². The average molecular weight is 777 g/mol. The number of hydrogen-bond acceptors (Lipinski definition) is 4. The Morgan fingerprint density at radius 3 is 1.13 bits per heavy atom. The molecule has 0 atom stereocenters. The van der Waals surface area contributed by atoms with Crippen LogP contribution in [0, 0.1) is 0 Å². The lowest BCUT2D eigenvalue weighted by Gasteiger charge is -2.35. The van der Waals surface area contributed by atoms with Crippen molar-refractivity contribution in [3.05, 3.63) is 241 Å². The smallest absolute Gasteiger partial charge is 0.160 e. The van der Waals surface area contributed by atoms with Gasteiger partial charge in [0.2, 0.25) is 0 Å². The van der Waals surface area contributed by atoms with Crippen LogP contribution >= 0.6 is 0 Å². The Morgan fingerprint density at radius 2 is 0.672 bits per heavy atom. The van der Waals surface area contributed by atoms with Crippen molar-refractivity contribution in [2.75, 3.05) is 0 Å². The van der Waals surface area contributed by atoms with E-state index in [0.29, 0.717) is 5.82 Å². The SMILES string of the molecule is c1cncc(-c2ccc(-c3cc(-c4ccc(-c5cccnc5)cc4)nc(-c4ccc5c(c4)C4(c6ccccc6-c6ccccc6-5)c5ccccc5-c5ccccc54)n3)cc2)c1. The van der Waals surface area contributed by atoms with Gasteiger partial charge in [-0.2, -0.15) is 0 Å². The summed E-state index contributed by atoms with van der Waals surface area (Å²) in [6.45, 7) is 0. The highest BCUT2D eigenvalue weighted by Gasteiger charge is 2.49. The summed E-state index contributed by atoms with van der Waals surface area (Å²) < 4.78 is 0. The fourth-order valence-corrected chi connectivity index (χ4v) is 9.79. The normalized spacial score (nSPS) is 12.7. The van der Waals surface area contributed by atoms with E-state index in [1.165, 1.54) is 55.6 Å². The predicted octanol–water partition coefficient (Wildman–Crippen LogP) is 13.6. The molecule has 2 aliphatic carbocycles. The van der Waals surface area contributed by atoms with E-state index in [1.54, 1.807) is 12.4 Å². The average Bonchev–Trinajstić information content (AvgIpc) is 3.59. The minimum absolute atomic E-state index is 0.598. The van der Waals surface area contributed by atoms with E-state index in [0.717, 1.165) is 50.3 Å². The summed E-state index contributed by atoms with van der Waals surface area (Å²) in [4.78, 5) is 19.5. The van der Waals surface area contributed by atoms with Crippen LogP contribution in [-0.4, -0.2) is 19.9 Å². The third-order valence-electron chi connectivity index (χ3n) is 12.5. The standard InChI is InChI=1S/C57H36N4/c1-2-14-45-44(13-1)46-15-3-6-18-50(46)57(51-19-7-4-16-47(51)48-17-5-8-20-52(48)57)53-33-41(29-30-49(45)53)56-60-54(39-25-21-37(22-26-39)42-11-9-31-58-35-42)34-55(61-56)40-27-23-38(24-28-40)43-12-10-32-59-36-43/h1-36H. The van der Waals surface area contributed by atoms with Crippen LogP contribution in [0.4, 0.5) is 0 Å². The molecule has 0 amide bonds. The summed E-state index contributed by atoms with van der Waals surface area (Å²) in [5.74, 6) is 0.670. The van der Waals surface area contributed by atoms with E-state index in [-0.39, 0.29) is 0 Å². The van der Waals surface area contributed by atoms with Crippen molar-refractivity contribution in [1.82, 2.24) is 19.9 Å². The van der Waals surface area contributed by atoms with Crippen LogP contribution in [0.2, 0.25) is 0 Å². The summed E-state index contributed by atoms with van der Waals surface area (Å²) in [7, 11) is 0. The van der Waals surface area contributed by atoms with Gasteiger partial charge in [-0.1, -0.05) is 170 Å². The van der Waals surface area contributed by atoms with E-state index in [9.17, 15) is 0 Å². The molecular weight excluding hydrogens is 741 g/mol. The van der Waals surface area contributed by atoms with E-state index in [1.807, 2.05) is 24.5 Å². The Hall–Kier alpha value is -8.08. The Labute approximate surface area is 354 Å². The molecule has 12 rings (SSSR count). The van der Waals surface area contributed by atoms with E-state index < -0.39 is 5.41 Å². The molecule has 2 aliphatic rings. The Bertz CT molecular complexity index is 3140. The van der Waals surface area contributed by atoms with Gasteiger partial charge >= 0.3 is 0 Å². The van der Waals surface area contributed by atoms with Crippen LogP contribution in [0.25, 0.3) is 89.5 Å². The van der Waals surface area contributed by atoms with Gasteiger partial charge in [0.05, 0.1) is 16.8 Å². The van der Waals surface area contributed by atoms with Crippen molar-refractivity contribution in [1.29, 1.82) is 0 Å². The lowest BCUT2D eigenvalue weighted by atomic mass is 9.65. The first-order valence-corrected chi connectivity index (χ1v) is 20.7. The van der Waals surface area contributed by atoms with Crippen molar-refractivity contribution < 1.29 is 0 Å². The number of pyridine rings is 2. The summed E-state index contributed by atoms with van der Waals surface area (Å²) in [5, 5.41) is 0. The molecule has 3 heterocycles. The molecule has 0 saturated heterocycles. The molecule has 0 radical (unpaired) electrons. The topological polar surface area (TPSA) is 51.6 Å². The molecule has 61 heavy (non-hydrogen) atoms. The highest BCUT2D eigenvalue weighted by molar-refractivity contribution is 5.98. The fourth-order valence-electron chi connectivity index (χ4n) is 9.79. The van der Waals surface area contributed by atoms with Gasteiger partial charge in [-0.25, -0.2) is 9.97 Å². The first-order valence-electron chi connectivity index (χ1n) is 20.7. The summed E-state index contributed by atoms with van der Waals surface area (Å²) in [5.41, 5.74) is 20.9. The quantitative estimate of drug-likeness (QED) is 0.175. The first-order chi connectivity index (χ1) is 30.2. The van der Waals surface area contributed by atoms with Gasteiger partial charge in [-0.3, -0.25) is 9.97 Å². The lowest BCUT2D eigenvalue weighted by molar-refractivity contribution is 0.775. The third kappa shape index (κ3) is 5.53. The molecular formula is C57H36N4. The van der Waals surface area contributed by atoms with Crippen LogP contribution in [0.5, 0.6) is 0 Å². The number of rotatable bonds is 5. The Balaban J connectivity index is 1.10. The molecule has 10 aromatic rings. The number of aromatic nitrogens is 4. The predicted molar refractivity (Wildman–Crippen MR) is 247 cm³/mol. The highest BCUT2D eigenvalue weighted by atomic mass is 14.9. The van der Waals surface area contributed by atoms with Crippen molar-refractivity contribution >= 4 is 0 Å². The molecule has 4 heteroatoms. The second kappa shape index (κ2) is 14.0. The Morgan fingerprint density at radius 1 is 0.279 bits per heavy atom. The number of fused-ring (bicyclic) bond motifs is 12. The van der Waals surface area contributed by atoms with E-state index in [4.69, 9.17) is 9.97 Å². The molecule has 284 valence electrons. The minimum atomic E-state index is -0.598. The molecule has 7 aromatic carbocycles. The second-order valence-corrected chi connectivity index (χ2v) is 15.8. The van der Waals surface area contributed by atoms with Gasteiger partial charge in [-0.05, 0) is 102 Å². The van der Waals surface area contributed by atoms with E-state index >= 15 is 0 Å². The second-order valence-electron chi connectivity index (χ2n) is 15.8. The number of benzene rings is 7. The fraction of sp³-hybridized carbons (Fsp3) is 0.0175. The van der Waals surface area contributed by atoms with E-state index in [2.05, 4.69) is 192 Å². The number of nitrogens with zero attached hydrogens (tertiary/aromatic N) is 4. The van der Waals surface area contributed by atoms with Crippen LogP contribution < -0.4 is 0 Å². The van der Waals surface area contributed by atoms with Gasteiger partial charge in [0.1, 0.15) is 0 Å². The summed E-state index contributed by atoms with van der Waals surface area (Å²) >= 11 is 0. The zero-order valence-corrected chi connectivity index (χ0v) is 33.1. The van der Waals surface area contributed by atoms with Gasteiger partial charge in [0.15, 0.2) is 5.82 Å². The molecule has 3 aromatic heterocycles. The Kier molecular flexibility index (Phi) is 8.04. The number of hydrogen-bond donors (Lipinski definition) is 0. The lowest BCUT2D eigenvalue weighted by Crippen LogP contribution is -2.29. The minimum Gasteiger partial charge on any atom is -0.264 e. The van der Waals surface area contributed by atoms with Gasteiger partial charge < -0.3 is 0 Å². The maximum absolute atomic E-state index is 5.40. The van der Waals surface area contributed by atoms with Crippen molar-refractivity contribution in [3.63, 3.8) is 0 Å². The maximum atomic E-state index is 5.40. The molecule has 0 N–H and O–H groups in total. The molecule has 4 nitrogen and oxygen atoms in total. The van der Waals surface area contributed by atoms with Crippen LogP contribution in [-0.2, 0) is 5.41 Å². The first kappa shape index (κ1) is 34.9. The van der Waals surface area contributed by atoms with Crippen LogP contribution in [0.1, 0.15) is 22.3 Å². The van der Waals surface area contributed by atoms with Gasteiger partial charge in [0, 0.05) is 41.5 Å². The summed E-state index contributed by atoms with van der Waals surface area (Å²) in [6.07, 6.45) is 7.40. The van der Waals surface area contributed by atoms with Gasteiger partial charge in [0.25, 0.3) is 0 Å². The van der Waals surface area contributed by atoms with Crippen molar-refractivity contribution in [2.45, 2.75) is 5.41 Å². The van der Waals surface area contributed by atoms with Crippen LogP contribution in [0.15, 0.2) is 219 Å². The third-order valence-corrected chi connectivity index (χ3v) is 12.5. The maximum Gasteiger partial charge on any atom is 0.160 e. The molecule has 1 spiro atoms. The molecule has 0 unspecified atom stereocenters. The molecule has 0 saturated carbocycles. The monoisotopic (exact) mass is 776 g/mol. The zero-order valence-electron chi connectivity index (χ0n) is 33.1. The van der Waals surface area contributed by atoms with Crippen LogP contribution in [0.3, 0.4) is 0 Å². The molecule has 0 bridgehead atoms. The van der Waals surface area contributed by atoms with Crippen molar-refractivity contribution in [3.8, 4) is 89.5 Å².